The number of piperazine rings is 1. The predicted molar refractivity (Wildman–Crippen MR) is 119 cm³/mol. The summed E-state index contributed by atoms with van der Waals surface area (Å²) in [6.45, 7) is 5.92. The summed E-state index contributed by atoms with van der Waals surface area (Å²) in [7, 11) is 0. The first-order valence-electron chi connectivity index (χ1n) is 11.1. The van der Waals surface area contributed by atoms with Gasteiger partial charge in [-0.3, -0.25) is 14.8 Å². The Labute approximate surface area is 197 Å². The van der Waals surface area contributed by atoms with Crippen molar-refractivity contribution in [3.63, 3.8) is 0 Å². The number of hydrogen-bond donors (Lipinski definition) is 1. The number of H-pyrrole nitrogens is 1. The van der Waals surface area contributed by atoms with E-state index in [9.17, 15) is 18.0 Å². The van der Waals surface area contributed by atoms with Gasteiger partial charge in [0.1, 0.15) is 0 Å². The fourth-order valence-electron chi connectivity index (χ4n) is 4.14. The molecular weight excluding hydrogens is 463 g/mol. The molecule has 0 aliphatic carbocycles. The molecule has 0 radical (unpaired) electrons. The minimum Gasteiger partial charge on any atom is -0.337 e. The number of aryl methyl sites for hydroxylation is 1. The van der Waals surface area contributed by atoms with Crippen LogP contribution in [0.1, 0.15) is 40.5 Å². The monoisotopic (exact) mass is 485 g/mol. The number of rotatable bonds is 4. The molecule has 0 spiro atoms. The second-order valence-electron chi connectivity index (χ2n) is 8.48. The Balaban J connectivity index is 1.24. The number of nitrogens with one attached hydrogen (secondary N) is 1. The van der Waals surface area contributed by atoms with Crippen LogP contribution in [0.25, 0.3) is 22.4 Å². The quantitative estimate of drug-likeness (QED) is 0.468. The van der Waals surface area contributed by atoms with Crippen molar-refractivity contribution in [2.75, 3.05) is 26.2 Å². The number of hydrogen-bond acceptors (Lipinski definition) is 7. The van der Waals surface area contributed by atoms with Gasteiger partial charge in [0.05, 0.1) is 17.2 Å². The second-order valence-corrected chi connectivity index (χ2v) is 8.48. The van der Waals surface area contributed by atoms with Gasteiger partial charge >= 0.3 is 6.18 Å². The zero-order valence-electron chi connectivity index (χ0n) is 19.0. The number of pyridine rings is 1. The van der Waals surface area contributed by atoms with E-state index in [1.54, 1.807) is 11.0 Å². The summed E-state index contributed by atoms with van der Waals surface area (Å²) in [6, 6.07) is 6.36. The van der Waals surface area contributed by atoms with E-state index in [-0.39, 0.29) is 23.3 Å². The number of aromatic amines is 1. The van der Waals surface area contributed by atoms with Gasteiger partial charge < -0.3 is 9.42 Å². The van der Waals surface area contributed by atoms with Gasteiger partial charge in [-0.15, -0.1) is 0 Å². The molecule has 0 saturated carbocycles. The van der Waals surface area contributed by atoms with Gasteiger partial charge in [-0.2, -0.15) is 23.3 Å². The highest BCUT2D eigenvalue weighted by atomic mass is 19.4. The van der Waals surface area contributed by atoms with E-state index in [0.717, 1.165) is 23.2 Å². The number of aromatic nitrogens is 5. The number of nitrogens with zero attached hydrogens (tertiary/aromatic N) is 6. The Hall–Kier alpha value is -3.80. The molecule has 12 heteroatoms. The molecule has 1 aliphatic rings. The van der Waals surface area contributed by atoms with E-state index in [2.05, 4.69) is 30.2 Å². The summed E-state index contributed by atoms with van der Waals surface area (Å²) in [5.74, 6) is 0.309. The molecule has 182 valence electrons. The second kappa shape index (κ2) is 8.77. The highest BCUT2D eigenvalue weighted by Crippen LogP contribution is 2.32. The summed E-state index contributed by atoms with van der Waals surface area (Å²) >= 11 is 0. The Kier molecular flexibility index (Phi) is 5.75. The molecule has 1 fully saturated rings. The number of amides is 1. The number of alkyl halides is 3. The molecular formula is C23H22F3N7O2. The summed E-state index contributed by atoms with van der Waals surface area (Å²) in [4.78, 5) is 25.4. The fourth-order valence-corrected chi connectivity index (χ4v) is 4.14. The summed E-state index contributed by atoms with van der Waals surface area (Å²) in [5.41, 5.74) is 1.39. The van der Waals surface area contributed by atoms with Gasteiger partial charge in [0.25, 0.3) is 5.91 Å². The lowest BCUT2D eigenvalue weighted by Crippen LogP contribution is -2.49. The molecule has 4 heterocycles. The highest BCUT2D eigenvalue weighted by molar-refractivity contribution is 5.97. The molecule has 1 amide bonds. The third-order valence-corrected chi connectivity index (χ3v) is 6.24. The van der Waals surface area contributed by atoms with Gasteiger partial charge in [-0.1, -0.05) is 17.3 Å². The minimum absolute atomic E-state index is 0.100. The van der Waals surface area contributed by atoms with Crippen molar-refractivity contribution >= 4 is 16.9 Å². The first kappa shape index (κ1) is 23.0. The van der Waals surface area contributed by atoms with Crippen molar-refractivity contribution < 1.29 is 22.5 Å². The van der Waals surface area contributed by atoms with Crippen LogP contribution in [0, 0.1) is 6.92 Å². The van der Waals surface area contributed by atoms with Crippen molar-refractivity contribution in [2.45, 2.75) is 26.1 Å². The van der Waals surface area contributed by atoms with Crippen LogP contribution in [0.15, 0.2) is 41.1 Å². The molecule has 1 N–H and O–H groups in total. The molecule has 35 heavy (non-hydrogen) atoms. The topological polar surface area (TPSA) is 104 Å². The number of carbonyl (C=O) groups excluding carboxylic acids is 1. The van der Waals surface area contributed by atoms with Crippen LogP contribution in [0.4, 0.5) is 13.2 Å². The van der Waals surface area contributed by atoms with E-state index in [0.29, 0.717) is 43.3 Å². The number of fused-ring (bicyclic) bond motifs is 1. The van der Waals surface area contributed by atoms with Gasteiger partial charge in [0.15, 0.2) is 5.65 Å². The van der Waals surface area contributed by atoms with Crippen molar-refractivity contribution in [1.82, 2.24) is 35.1 Å². The Morgan fingerprint density at radius 1 is 1.17 bits per heavy atom. The molecule has 9 nitrogen and oxygen atoms in total. The summed E-state index contributed by atoms with van der Waals surface area (Å²) in [5, 5.41) is 11.6. The van der Waals surface area contributed by atoms with E-state index in [1.807, 2.05) is 13.8 Å². The summed E-state index contributed by atoms with van der Waals surface area (Å²) < 4.78 is 44.4. The first-order chi connectivity index (χ1) is 16.7. The number of benzene rings is 1. The average molecular weight is 485 g/mol. The van der Waals surface area contributed by atoms with Crippen molar-refractivity contribution in [3.8, 4) is 11.4 Å². The number of carbonyl (C=O) groups is 1. The van der Waals surface area contributed by atoms with Crippen LogP contribution >= 0.6 is 0 Å². The van der Waals surface area contributed by atoms with Crippen LogP contribution in [0.2, 0.25) is 0 Å². The Bertz CT molecular complexity index is 1370. The predicted octanol–water partition coefficient (Wildman–Crippen LogP) is 3.85. The molecule has 4 aromatic rings. The van der Waals surface area contributed by atoms with Crippen LogP contribution in [-0.2, 0) is 6.18 Å². The van der Waals surface area contributed by atoms with Crippen molar-refractivity contribution in [2.24, 2.45) is 0 Å². The fraction of sp³-hybridized carbons (Fsp3) is 0.348. The smallest absolute Gasteiger partial charge is 0.337 e. The molecule has 5 rings (SSSR count). The SMILES string of the molecule is Cc1[nH]nc2ncc(C(=O)N3CCN(C(C)c4nc(-c5cccc(C(F)(F)F)c5)no4)CC3)cc12. The van der Waals surface area contributed by atoms with Crippen molar-refractivity contribution in [3.05, 3.63) is 59.2 Å². The molecule has 0 bridgehead atoms. The normalized spacial score (nSPS) is 16.1. The van der Waals surface area contributed by atoms with Gasteiger partial charge in [-0.05, 0) is 32.0 Å². The number of halogens is 3. The van der Waals surface area contributed by atoms with Crippen LogP contribution in [0.5, 0.6) is 0 Å². The lowest BCUT2D eigenvalue weighted by molar-refractivity contribution is -0.137. The average Bonchev–Trinajstić information content (AvgIpc) is 3.50. The van der Waals surface area contributed by atoms with E-state index in [1.165, 1.54) is 18.3 Å². The maximum atomic E-state index is 13.0. The molecule has 3 aromatic heterocycles. The Morgan fingerprint density at radius 2 is 1.94 bits per heavy atom. The maximum absolute atomic E-state index is 13.0. The van der Waals surface area contributed by atoms with Crippen molar-refractivity contribution in [1.29, 1.82) is 0 Å². The minimum atomic E-state index is -4.45. The molecule has 1 saturated heterocycles. The van der Waals surface area contributed by atoms with Gasteiger partial charge in [-0.25, -0.2) is 4.98 Å². The van der Waals surface area contributed by atoms with Crippen LogP contribution < -0.4 is 0 Å². The largest absolute Gasteiger partial charge is 0.416 e. The Morgan fingerprint density at radius 3 is 2.69 bits per heavy atom. The summed E-state index contributed by atoms with van der Waals surface area (Å²) in [6.07, 6.45) is -2.92. The lowest BCUT2D eigenvalue weighted by Gasteiger charge is -2.36. The van der Waals surface area contributed by atoms with Gasteiger partial charge in [0, 0.05) is 49.0 Å². The van der Waals surface area contributed by atoms with E-state index >= 15 is 0 Å². The maximum Gasteiger partial charge on any atom is 0.416 e. The lowest BCUT2D eigenvalue weighted by atomic mass is 10.1. The van der Waals surface area contributed by atoms with E-state index in [4.69, 9.17) is 4.52 Å². The zero-order valence-corrected chi connectivity index (χ0v) is 19.0. The standard InChI is InChI=1S/C23H22F3N7O2/c1-13-18-11-16(12-27-20(18)30-29-13)22(34)33-8-6-32(7-9-33)14(2)21-28-19(31-35-21)15-4-3-5-17(10-15)23(24,25)26/h3-5,10-12,14H,6-9H2,1-2H3,(H,27,29,30). The molecule has 1 atom stereocenters. The third kappa shape index (κ3) is 4.48. The molecule has 1 aliphatic heterocycles. The van der Waals surface area contributed by atoms with E-state index < -0.39 is 11.7 Å². The molecule has 1 unspecified atom stereocenters. The van der Waals surface area contributed by atoms with Crippen LogP contribution in [-0.4, -0.2) is 67.2 Å². The zero-order chi connectivity index (χ0) is 24.7. The van der Waals surface area contributed by atoms with Crippen LogP contribution in [0.3, 0.4) is 0 Å². The van der Waals surface area contributed by atoms with Gasteiger partial charge in [0.2, 0.25) is 11.7 Å². The highest BCUT2D eigenvalue weighted by Gasteiger charge is 2.32. The molecule has 1 aromatic carbocycles. The first-order valence-corrected chi connectivity index (χ1v) is 11.1. The third-order valence-electron chi connectivity index (χ3n) is 6.24.